The molecule has 3 aromatic rings. The van der Waals surface area contributed by atoms with Crippen molar-refractivity contribution in [1.82, 2.24) is 9.88 Å². The molecule has 0 unspecified atom stereocenters. The normalized spacial score (nSPS) is 10.6. The van der Waals surface area contributed by atoms with Gasteiger partial charge in [-0.15, -0.1) is 0 Å². The molecular formula is C20H20N2O4. The van der Waals surface area contributed by atoms with Crippen LogP contribution in [0.1, 0.15) is 15.9 Å². The molecule has 6 heteroatoms. The number of benzene rings is 2. The van der Waals surface area contributed by atoms with Gasteiger partial charge >= 0.3 is 0 Å². The van der Waals surface area contributed by atoms with Crippen molar-refractivity contribution >= 4 is 16.8 Å². The minimum atomic E-state index is -0.226. The van der Waals surface area contributed by atoms with Gasteiger partial charge in [0.2, 0.25) is 0 Å². The van der Waals surface area contributed by atoms with Crippen LogP contribution in [0.5, 0.6) is 11.5 Å². The van der Waals surface area contributed by atoms with Gasteiger partial charge in [-0.05, 0) is 41.8 Å². The fraction of sp³-hybridized carbons (Fsp3) is 0.200. The standard InChI is InChI=1S/C20H20N2O4/c1-22(20(24)14-5-4-6-16(10-14)25-2)12-15-9-13-7-8-17(26-3)11-18(13)21-19(15)23/h4-11H,12H2,1-3H3,(H,21,23). The quantitative estimate of drug-likeness (QED) is 0.766. The van der Waals surface area contributed by atoms with Crippen LogP contribution in [0.15, 0.2) is 53.3 Å². The number of pyridine rings is 1. The first-order valence-electron chi connectivity index (χ1n) is 8.11. The lowest BCUT2D eigenvalue weighted by Crippen LogP contribution is -2.29. The van der Waals surface area contributed by atoms with E-state index in [1.807, 2.05) is 12.1 Å². The summed E-state index contributed by atoms with van der Waals surface area (Å²) in [6.07, 6.45) is 0. The number of hydrogen-bond acceptors (Lipinski definition) is 4. The number of nitrogens with zero attached hydrogens (tertiary/aromatic N) is 1. The van der Waals surface area contributed by atoms with Gasteiger partial charge in [0.1, 0.15) is 11.5 Å². The van der Waals surface area contributed by atoms with Gasteiger partial charge in [0.15, 0.2) is 0 Å². The fourth-order valence-electron chi connectivity index (χ4n) is 2.77. The summed E-state index contributed by atoms with van der Waals surface area (Å²) in [7, 11) is 4.79. The molecule has 1 heterocycles. The molecule has 0 saturated carbocycles. The number of amides is 1. The van der Waals surface area contributed by atoms with E-state index in [2.05, 4.69) is 4.98 Å². The zero-order valence-electron chi connectivity index (χ0n) is 14.9. The first-order chi connectivity index (χ1) is 12.5. The molecular weight excluding hydrogens is 332 g/mol. The van der Waals surface area contributed by atoms with Gasteiger partial charge in [-0.1, -0.05) is 6.07 Å². The minimum absolute atomic E-state index is 0.182. The number of rotatable bonds is 5. The third kappa shape index (κ3) is 3.54. The highest BCUT2D eigenvalue weighted by Crippen LogP contribution is 2.19. The Morgan fingerprint density at radius 3 is 2.50 bits per heavy atom. The van der Waals surface area contributed by atoms with E-state index in [0.717, 1.165) is 5.39 Å². The van der Waals surface area contributed by atoms with Crippen LogP contribution < -0.4 is 15.0 Å². The number of fused-ring (bicyclic) bond motifs is 1. The van der Waals surface area contributed by atoms with Crippen molar-refractivity contribution in [3.63, 3.8) is 0 Å². The molecule has 0 aliphatic rings. The summed E-state index contributed by atoms with van der Waals surface area (Å²) in [4.78, 5) is 29.3. The number of methoxy groups -OCH3 is 2. The van der Waals surface area contributed by atoms with Gasteiger partial charge in [0, 0.05) is 24.2 Å². The van der Waals surface area contributed by atoms with Crippen molar-refractivity contribution in [2.75, 3.05) is 21.3 Å². The zero-order chi connectivity index (χ0) is 18.7. The minimum Gasteiger partial charge on any atom is -0.497 e. The summed E-state index contributed by atoms with van der Waals surface area (Å²) in [5.41, 5.74) is 1.49. The molecule has 3 rings (SSSR count). The molecule has 0 fully saturated rings. The van der Waals surface area contributed by atoms with Gasteiger partial charge in [-0.25, -0.2) is 0 Å². The molecule has 0 saturated heterocycles. The highest BCUT2D eigenvalue weighted by Gasteiger charge is 2.15. The maximum absolute atomic E-state index is 12.6. The summed E-state index contributed by atoms with van der Waals surface area (Å²) >= 11 is 0. The third-order valence-corrected chi connectivity index (χ3v) is 4.20. The van der Waals surface area contributed by atoms with Crippen molar-refractivity contribution in [2.45, 2.75) is 6.54 Å². The van der Waals surface area contributed by atoms with Crippen LogP contribution in [-0.4, -0.2) is 37.1 Å². The predicted molar refractivity (Wildman–Crippen MR) is 99.9 cm³/mol. The first kappa shape index (κ1) is 17.5. The number of aromatic amines is 1. The van der Waals surface area contributed by atoms with Crippen molar-refractivity contribution in [3.8, 4) is 11.5 Å². The van der Waals surface area contributed by atoms with Crippen molar-refractivity contribution < 1.29 is 14.3 Å². The average molecular weight is 352 g/mol. The molecule has 0 spiro atoms. The summed E-state index contributed by atoms with van der Waals surface area (Å²) < 4.78 is 10.3. The summed E-state index contributed by atoms with van der Waals surface area (Å²) in [5.74, 6) is 1.10. The summed E-state index contributed by atoms with van der Waals surface area (Å²) in [6, 6.07) is 14.2. The maximum Gasteiger partial charge on any atom is 0.254 e. The van der Waals surface area contributed by atoms with Crippen LogP contribution in [0, 0.1) is 0 Å². The second-order valence-corrected chi connectivity index (χ2v) is 5.97. The van der Waals surface area contributed by atoms with Gasteiger partial charge in [-0.2, -0.15) is 0 Å². The zero-order valence-corrected chi connectivity index (χ0v) is 14.9. The van der Waals surface area contributed by atoms with E-state index in [4.69, 9.17) is 9.47 Å². The number of nitrogens with one attached hydrogen (secondary N) is 1. The smallest absolute Gasteiger partial charge is 0.254 e. The van der Waals surface area contributed by atoms with E-state index in [1.54, 1.807) is 57.7 Å². The number of aromatic nitrogens is 1. The Balaban J connectivity index is 1.86. The lowest BCUT2D eigenvalue weighted by Gasteiger charge is -2.17. The van der Waals surface area contributed by atoms with Gasteiger partial charge < -0.3 is 19.4 Å². The Labute approximate surface area is 151 Å². The van der Waals surface area contributed by atoms with Gasteiger partial charge in [0.05, 0.1) is 26.3 Å². The Morgan fingerprint density at radius 2 is 1.77 bits per heavy atom. The molecule has 26 heavy (non-hydrogen) atoms. The molecule has 1 N–H and O–H groups in total. The van der Waals surface area contributed by atoms with E-state index >= 15 is 0 Å². The van der Waals surface area contributed by atoms with E-state index in [9.17, 15) is 9.59 Å². The molecule has 2 aromatic carbocycles. The molecule has 0 atom stereocenters. The highest BCUT2D eigenvalue weighted by molar-refractivity contribution is 5.94. The molecule has 1 amide bonds. The second-order valence-electron chi connectivity index (χ2n) is 5.97. The van der Waals surface area contributed by atoms with Gasteiger partial charge in [-0.3, -0.25) is 9.59 Å². The number of H-pyrrole nitrogens is 1. The second kappa shape index (κ2) is 7.31. The number of carbonyl (C=O) groups is 1. The topological polar surface area (TPSA) is 71.6 Å². The number of hydrogen-bond donors (Lipinski definition) is 1. The molecule has 0 bridgehead atoms. The molecule has 0 aliphatic carbocycles. The SMILES string of the molecule is COc1cccc(C(=O)N(C)Cc2cc3ccc(OC)cc3[nH]c2=O)c1. The predicted octanol–water partition coefficient (Wildman–Crippen LogP) is 2.82. The van der Waals surface area contributed by atoms with E-state index in [1.165, 1.54) is 4.90 Å². The van der Waals surface area contributed by atoms with Crippen LogP contribution in [0.4, 0.5) is 0 Å². The third-order valence-electron chi connectivity index (χ3n) is 4.20. The first-order valence-corrected chi connectivity index (χ1v) is 8.11. The summed E-state index contributed by atoms with van der Waals surface area (Å²) in [6.45, 7) is 0.202. The maximum atomic E-state index is 12.6. The Kier molecular flexibility index (Phi) is 4.93. The largest absolute Gasteiger partial charge is 0.497 e. The van der Waals surface area contributed by atoms with Crippen LogP contribution in [0.2, 0.25) is 0 Å². The van der Waals surface area contributed by atoms with Crippen molar-refractivity contribution in [3.05, 3.63) is 70.0 Å². The monoisotopic (exact) mass is 352 g/mol. The Morgan fingerprint density at radius 1 is 1.04 bits per heavy atom. The van der Waals surface area contributed by atoms with Crippen LogP contribution in [0.3, 0.4) is 0 Å². The molecule has 6 nitrogen and oxygen atoms in total. The van der Waals surface area contributed by atoms with Crippen LogP contribution >= 0.6 is 0 Å². The van der Waals surface area contributed by atoms with E-state index in [0.29, 0.717) is 28.1 Å². The lowest BCUT2D eigenvalue weighted by molar-refractivity contribution is 0.0784. The lowest BCUT2D eigenvalue weighted by atomic mass is 10.1. The molecule has 1 aromatic heterocycles. The number of ether oxygens (including phenoxy) is 2. The molecule has 134 valence electrons. The molecule has 0 aliphatic heterocycles. The van der Waals surface area contributed by atoms with Crippen LogP contribution in [-0.2, 0) is 6.54 Å². The van der Waals surface area contributed by atoms with Crippen molar-refractivity contribution in [1.29, 1.82) is 0 Å². The van der Waals surface area contributed by atoms with Crippen LogP contribution in [0.25, 0.3) is 10.9 Å². The number of carbonyl (C=O) groups excluding carboxylic acids is 1. The summed E-state index contributed by atoms with van der Waals surface area (Å²) in [5, 5.41) is 0.877. The van der Waals surface area contributed by atoms with Crippen molar-refractivity contribution in [2.24, 2.45) is 0 Å². The fourth-order valence-corrected chi connectivity index (χ4v) is 2.77. The Bertz CT molecular complexity index is 1010. The molecule has 0 radical (unpaired) electrons. The Hall–Kier alpha value is -3.28. The highest BCUT2D eigenvalue weighted by atomic mass is 16.5. The van der Waals surface area contributed by atoms with E-state index in [-0.39, 0.29) is 18.0 Å². The van der Waals surface area contributed by atoms with E-state index < -0.39 is 0 Å². The van der Waals surface area contributed by atoms with Gasteiger partial charge in [0.25, 0.3) is 11.5 Å². The average Bonchev–Trinajstić information content (AvgIpc) is 2.67.